The maximum atomic E-state index is 4.32. The standard InChI is InChI=1S/C10H11BrN4/c1-7-3-8(2)15(14-7)10-12-5-9(4-11)6-13-10/h3,5-6H,4H2,1-2H3. The molecule has 0 spiro atoms. The van der Waals surface area contributed by atoms with Crippen molar-refractivity contribution in [1.82, 2.24) is 19.7 Å². The topological polar surface area (TPSA) is 43.6 Å². The van der Waals surface area contributed by atoms with Gasteiger partial charge in [-0.15, -0.1) is 0 Å². The summed E-state index contributed by atoms with van der Waals surface area (Å²) in [6.07, 6.45) is 3.60. The lowest BCUT2D eigenvalue weighted by Crippen LogP contribution is -2.04. The zero-order valence-electron chi connectivity index (χ0n) is 8.61. The molecule has 0 atom stereocenters. The lowest BCUT2D eigenvalue weighted by atomic mass is 10.4. The van der Waals surface area contributed by atoms with Crippen LogP contribution in [0.25, 0.3) is 5.95 Å². The van der Waals surface area contributed by atoms with Crippen molar-refractivity contribution in [3.05, 3.63) is 35.4 Å². The molecule has 2 heterocycles. The highest BCUT2D eigenvalue weighted by Crippen LogP contribution is 2.08. The fraction of sp³-hybridized carbons (Fsp3) is 0.300. The second-order valence-electron chi connectivity index (χ2n) is 3.36. The fourth-order valence-electron chi connectivity index (χ4n) is 1.36. The van der Waals surface area contributed by atoms with Crippen LogP contribution in [0.4, 0.5) is 0 Å². The van der Waals surface area contributed by atoms with Gasteiger partial charge in [0.1, 0.15) is 0 Å². The monoisotopic (exact) mass is 266 g/mol. The van der Waals surface area contributed by atoms with Gasteiger partial charge in [-0.2, -0.15) is 5.10 Å². The normalized spacial score (nSPS) is 10.6. The van der Waals surface area contributed by atoms with Crippen molar-refractivity contribution in [2.75, 3.05) is 0 Å². The number of rotatable bonds is 2. The summed E-state index contributed by atoms with van der Waals surface area (Å²) in [4.78, 5) is 8.51. The Morgan fingerprint density at radius 2 is 1.93 bits per heavy atom. The van der Waals surface area contributed by atoms with Crippen LogP contribution in [0.3, 0.4) is 0 Å². The highest BCUT2D eigenvalue weighted by atomic mass is 79.9. The molecule has 0 bridgehead atoms. The Morgan fingerprint density at radius 1 is 1.27 bits per heavy atom. The lowest BCUT2D eigenvalue weighted by Gasteiger charge is -2.01. The fourth-order valence-corrected chi connectivity index (χ4v) is 1.65. The van der Waals surface area contributed by atoms with Gasteiger partial charge in [-0.1, -0.05) is 15.9 Å². The van der Waals surface area contributed by atoms with Gasteiger partial charge in [0.15, 0.2) is 0 Å². The van der Waals surface area contributed by atoms with Crippen LogP contribution in [0.5, 0.6) is 0 Å². The van der Waals surface area contributed by atoms with Crippen molar-refractivity contribution in [3.8, 4) is 5.95 Å². The van der Waals surface area contributed by atoms with E-state index in [0.717, 1.165) is 22.3 Å². The van der Waals surface area contributed by atoms with E-state index >= 15 is 0 Å². The third-order valence-electron chi connectivity index (χ3n) is 2.05. The molecule has 0 N–H and O–H groups in total. The third-order valence-corrected chi connectivity index (χ3v) is 2.69. The molecular weight excluding hydrogens is 256 g/mol. The first-order chi connectivity index (χ1) is 7.20. The Kier molecular flexibility index (Phi) is 2.81. The van der Waals surface area contributed by atoms with E-state index in [1.165, 1.54) is 0 Å². The maximum Gasteiger partial charge on any atom is 0.250 e. The van der Waals surface area contributed by atoms with E-state index < -0.39 is 0 Å². The van der Waals surface area contributed by atoms with Gasteiger partial charge in [-0.3, -0.25) is 0 Å². The SMILES string of the molecule is Cc1cc(C)n(-c2ncc(CBr)cn2)n1. The van der Waals surface area contributed by atoms with Gasteiger partial charge in [0.2, 0.25) is 0 Å². The quantitative estimate of drug-likeness (QED) is 0.783. The van der Waals surface area contributed by atoms with Crippen molar-refractivity contribution >= 4 is 15.9 Å². The molecule has 0 saturated heterocycles. The molecule has 0 aliphatic heterocycles. The number of hydrogen-bond donors (Lipinski definition) is 0. The minimum Gasteiger partial charge on any atom is -0.219 e. The first-order valence-electron chi connectivity index (χ1n) is 4.61. The number of aromatic nitrogens is 4. The number of alkyl halides is 1. The molecule has 0 radical (unpaired) electrons. The minimum absolute atomic E-state index is 0.616. The Balaban J connectivity index is 2.41. The molecule has 0 unspecified atom stereocenters. The highest BCUT2D eigenvalue weighted by Gasteiger charge is 2.05. The van der Waals surface area contributed by atoms with E-state index in [1.807, 2.05) is 19.9 Å². The van der Waals surface area contributed by atoms with Crippen LogP contribution in [-0.2, 0) is 5.33 Å². The average Bonchev–Trinajstić information content (AvgIpc) is 2.58. The zero-order chi connectivity index (χ0) is 10.8. The summed E-state index contributed by atoms with van der Waals surface area (Å²) in [5.74, 6) is 0.616. The Bertz CT molecular complexity index is 461. The predicted octanol–water partition coefficient (Wildman–Crippen LogP) is 2.17. The number of nitrogens with zero attached hydrogens (tertiary/aromatic N) is 4. The first kappa shape index (κ1) is 10.3. The predicted molar refractivity (Wildman–Crippen MR) is 61.3 cm³/mol. The van der Waals surface area contributed by atoms with Gasteiger partial charge < -0.3 is 0 Å². The van der Waals surface area contributed by atoms with Gasteiger partial charge in [0.05, 0.1) is 5.69 Å². The maximum absolute atomic E-state index is 4.32. The van der Waals surface area contributed by atoms with Crippen LogP contribution in [-0.4, -0.2) is 19.7 Å². The van der Waals surface area contributed by atoms with E-state index in [9.17, 15) is 0 Å². The molecule has 0 aliphatic carbocycles. The summed E-state index contributed by atoms with van der Waals surface area (Å²) < 4.78 is 1.74. The molecule has 4 nitrogen and oxygen atoms in total. The second-order valence-corrected chi connectivity index (χ2v) is 3.92. The molecule has 0 aromatic carbocycles. The molecule has 15 heavy (non-hydrogen) atoms. The van der Waals surface area contributed by atoms with Crippen LogP contribution in [0.15, 0.2) is 18.5 Å². The van der Waals surface area contributed by atoms with E-state index in [2.05, 4.69) is 31.0 Å². The van der Waals surface area contributed by atoms with Crippen LogP contribution < -0.4 is 0 Å². The molecule has 0 saturated carbocycles. The van der Waals surface area contributed by atoms with Crippen molar-refractivity contribution in [3.63, 3.8) is 0 Å². The van der Waals surface area contributed by atoms with Crippen molar-refractivity contribution in [2.24, 2.45) is 0 Å². The Hall–Kier alpha value is -1.23. The molecule has 0 amide bonds. The number of halogens is 1. The number of aryl methyl sites for hydroxylation is 2. The van der Waals surface area contributed by atoms with Crippen LogP contribution in [0.2, 0.25) is 0 Å². The molecule has 0 fully saturated rings. The summed E-state index contributed by atoms with van der Waals surface area (Å²) in [5, 5.41) is 5.08. The molecule has 5 heteroatoms. The Labute approximate surface area is 96.5 Å². The van der Waals surface area contributed by atoms with Crippen molar-refractivity contribution in [1.29, 1.82) is 0 Å². The average molecular weight is 267 g/mol. The summed E-state index contributed by atoms with van der Waals surface area (Å²) in [6.45, 7) is 3.94. The zero-order valence-corrected chi connectivity index (χ0v) is 10.2. The number of hydrogen-bond acceptors (Lipinski definition) is 3. The first-order valence-corrected chi connectivity index (χ1v) is 5.73. The molecule has 2 rings (SSSR count). The third kappa shape index (κ3) is 2.07. The largest absolute Gasteiger partial charge is 0.250 e. The van der Waals surface area contributed by atoms with E-state index in [1.54, 1.807) is 17.1 Å². The van der Waals surface area contributed by atoms with Gasteiger partial charge in [0, 0.05) is 23.4 Å². The van der Waals surface area contributed by atoms with Crippen molar-refractivity contribution in [2.45, 2.75) is 19.2 Å². The van der Waals surface area contributed by atoms with Gasteiger partial charge in [-0.05, 0) is 25.5 Å². The minimum atomic E-state index is 0.616. The molecular formula is C10H11BrN4. The van der Waals surface area contributed by atoms with E-state index in [-0.39, 0.29) is 0 Å². The Morgan fingerprint density at radius 3 is 2.40 bits per heavy atom. The summed E-state index contributed by atoms with van der Waals surface area (Å²) in [7, 11) is 0. The highest BCUT2D eigenvalue weighted by molar-refractivity contribution is 9.08. The molecule has 78 valence electrons. The van der Waals surface area contributed by atoms with Crippen molar-refractivity contribution < 1.29 is 0 Å². The van der Waals surface area contributed by atoms with E-state index in [4.69, 9.17) is 0 Å². The smallest absolute Gasteiger partial charge is 0.219 e. The van der Waals surface area contributed by atoms with E-state index in [0.29, 0.717) is 5.95 Å². The van der Waals surface area contributed by atoms with Crippen LogP contribution >= 0.6 is 15.9 Å². The van der Waals surface area contributed by atoms with Crippen LogP contribution in [0, 0.1) is 13.8 Å². The second kappa shape index (κ2) is 4.10. The molecule has 2 aromatic rings. The summed E-state index contributed by atoms with van der Waals surface area (Å²) in [6, 6.07) is 2.00. The molecule has 0 aliphatic rings. The summed E-state index contributed by atoms with van der Waals surface area (Å²) >= 11 is 3.35. The summed E-state index contributed by atoms with van der Waals surface area (Å²) in [5.41, 5.74) is 3.07. The lowest BCUT2D eigenvalue weighted by molar-refractivity contribution is 0.771. The van der Waals surface area contributed by atoms with Gasteiger partial charge >= 0.3 is 0 Å². The van der Waals surface area contributed by atoms with Gasteiger partial charge in [-0.25, -0.2) is 14.6 Å². The van der Waals surface area contributed by atoms with Gasteiger partial charge in [0.25, 0.3) is 5.95 Å². The molecule has 2 aromatic heterocycles. The van der Waals surface area contributed by atoms with Crippen LogP contribution in [0.1, 0.15) is 17.0 Å².